The third-order valence-electron chi connectivity index (χ3n) is 5.15. The average molecular weight is 393 g/mol. The lowest BCUT2D eigenvalue weighted by molar-refractivity contribution is -0.0385. The van der Waals surface area contributed by atoms with Crippen molar-refractivity contribution in [2.24, 2.45) is 0 Å². The normalized spacial score (nSPS) is 22.7. The molecule has 2 aromatic rings. The molecule has 1 atom stereocenters. The van der Waals surface area contributed by atoms with Gasteiger partial charge in [-0.15, -0.1) is 21.5 Å². The monoisotopic (exact) mass is 392 g/mol. The van der Waals surface area contributed by atoms with Crippen LogP contribution in [-0.2, 0) is 17.8 Å². The highest BCUT2D eigenvalue weighted by Crippen LogP contribution is 2.48. The fourth-order valence-electron chi connectivity index (χ4n) is 3.83. The lowest BCUT2D eigenvalue weighted by Gasteiger charge is -2.34. The van der Waals surface area contributed by atoms with Crippen LogP contribution in [0.2, 0.25) is 0 Å². The number of anilines is 1. The second kappa shape index (κ2) is 6.20. The van der Waals surface area contributed by atoms with E-state index in [0.717, 1.165) is 29.9 Å². The molecule has 7 nitrogen and oxygen atoms in total. The molecule has 1 unspecified atom stereocenters. The summed E-state index contributed by atoms with van der Waals surface area (Å²) in [7, 11) is 0. The smallest absolute Gasteiger partial charge is 0.249 e. The molecule has 0 amide bonds. The van der Waals surface area contributed by atoms with Crippen molar-refractivity contribution in [3.63, 3.8) is 0 Å². The third-order valence-corrected chi connectivity index (χ3v) is 7.37. The van der Waals surface area contributed by atoms with Gasteiger partial charge in [-0.25, -0.2) is 9.99 Å². The SMILES string of the molecule is CCCCSc1nnc2n1-c1sc3c(c1C1NCNN21)CC(C)(C)OC3. The van der Waals surface area contributed by atoms with Crippen LogP contribution in [0.1, 0.15) is 55.8 Å². The molecule has 3 aliphatic rings. The molecule has 1 saturated heterocycles. The van der Waals surface area contributed by atoms with Crippen molar-refractivity contribution in [2.75, 3.05) is 17.4 Å². The number of thiophene rings is 1. The highest BCUT2D eigenvalue weighted by atomic mass is 32.2. The van der Waals surface area contributed by atoms with Gasteiger partial charge in [0.05, 0.1) is 18.9 Å². The van der Waals surface area contributed by atoms with Gasteiger partial charge in [0.25, 0.3) is 0 Å². The molecular weight excluding hydrogens is 368 g/mol. The highest BCUT2D eigenvalue weighted by Gasteiger charge is 2.43. The van der Waals surface area contributed by atoms with Gasteiger partial charge in [-0.1, -0.05) is 25.1 Å². The molecule has 26 heavy (non-hydrogen) atoms. The first-order valence-corrected chi connectivity index (χ1v) is 11.0. The molecule has 9 heteroatoms. The van der Waals surface area contributed by atoms with Gasteiger partial charge in [0.1, 0.15) is 11.2 Å². The van der Waals surface area contributed by atoms with Crippen molar-refractivity contribution in [1.82, 2.24) is 25.5 Å². The van der Waals surface area contributed by atoms with Crippen LogP contribution in [0.4, 0.5) is 5.95 Å². The van der Waals surface area contributed by atoms with Crippen LogP contribution in [0.25, 0.3) is 5.00 Å². The van der Waals surface area contributed by atoms with Crippen LogP contribution in [0.5, 0.6) is 0 Å². The van der Waals surface area contributed by atoms with Gasteiger partial charge in [0.15, 0.2) is 5.16 Å². The summed E-state index contributed by atoms with van der Waals surface area (Å²) in [5.41, 5.74) is 6.11. The molecule has 140 valence electrons. The zero-order valence-corrected chi connectivity index (χ0v) is 17.0. The van der Waals surface area contributed by atoms with E-state index in [4.69, 9.17) is 4.74 Å². The van der Waals surface area contributed by atoms with E-state index in [0.29, 0.717) is 6.61 Å². The van der Waals surface area contributed by atoms with Crippen LogP contribution >= 0.6 is 23.1 Å². The Morgan fingerprint density at radius 2 is 2.27 bits per heavy atom. The van der Waals surface area contributed by atoms with Gasteiger partial charge in [0.2, 0.25) is 5.95 Å². The van der Waals surface area contributed by atoms with Crippen LogP contribution in [0, 0.1) is 0 Å². The van der Waals surface area contributed by atoms with Crippen molar-refractivity contribution in [1.29, 1.82) is 0 Å². The number of fused-ring (bicyclic) bond motifs is 8. The van der Waals surface area contributed by atoms with Crippen LogP contribution in [0.3, 0.4) is 0 Å². The zero-order valence-electron chi connectivity index (χ0n) is 15.3. The third kappa shape index (κ3) is 2.52. The molecule has 0 aromatic carbocycles. The van der Waals surface area contributed by atoms with Gasteiger partial charge >= 0.3 is 0 Å². The molecule has 0 aliphatic carbocycles. The topological polar surface area (TPSA) is 67.2 Å². The average Bonchev–Trinajstić information content (AvgIpc) is 3.29. The predicted molar refractivity (Wildman–Crippen MR) is 104 cm³/mol. The Hall–Kier alpha value is -1.13. The van der Waals surface area contributed by atoms with E-state index in [1.165, 1.54) is 33.8 Å². The van der Waals surface area contributed by atoms with E-state index in [9.17, 15) is 0 Å². The molecule has 1 fully saturated rings. The largest absolute Gasteiger partial charge is 0.370 e. The van der Waals surface area contributed by atoms with Gasteiger partial charge < -0.3 is 4.74 Å². The second-order valence-electron chi connectivity index (χ2n) is 7.58. The van der Waals surface area contributed by atoms with Crippen molar-refractivity contribution < 1.29 is 4.74 Å². The summed E-state index contributed by atoms with van der Waals surface area (Å²) in [5, 5.41) is 17.0. The van der Waals surface area contributed by atoms with Gasteiger partial charge in [0, 0.05) is 22.6 Å². The quantitative estimate of drug-likeness (QED) is 0.612. The molecule has 0 spiro atoms. The molecule has 2 N–H and O–H groups in total. The number of hydrogen-bond acceptors (Lipinski definition) is 8. The maximum Gasteiger partial charge on any atom is 0.249 e. The number of rotatable bonds is 4. The summed E-state index contributed by atoms with van der Waals surface area (Å²) in [6, 6.07) is 0. The summed E-state index contributed by atoms with van der Waals surface area (Å²) >= 11 is 3.64. The standard InChI is InChI=1S/C17H24N6OS2/c1-4-5-6-25-16-21-20-15-22(16)14-12(13-18-9-19-23(13)15)10-7-17(2,3)24-8-11(10)26-14/h13,18-19H,4-9H2,1-3H3. The number of hydrogen-bond donors (Lipinski definition) is 2. The summed E-state index contributed by atoms with van der Waals surface area (Å²) in [6.45, 7) is 8.00. The minimum absolute atomic E-state index is 0.115. The first-order valence-electron chi connectivity index (χ1n) is 9.22. The Balaban J connectivity index is 1.64. The van der Waals surface area contributed by atoms with Gasteiger partial charge in [-0.2, -0.15) is 0 Å². The first-order chi connectivity index (χ1) is 12.6. The lowest BCUT2D eigenvalue weighted by atomic mass is 9.92. The molecule has 0 bridgehead atoms. The number of aromatic nitrogens is 3. The van der Waals surface area contributed by atoms with E-state index in [-0.39, 0.29) is 11.8 Å². The fraction of sp³-hybridized carbons (Fsp3) is 0.647. The Bertz CT molecular complexity index is 845. The number of nitrogens with zero attached hydrogens (tertiary/aromatic N) is 4. The molecule has 3 aliphatic heterocycles. The first kappa shape index (κ1) is 17.0. The van der Waals surface area contributed by atoms with Crippen LogP contribution < -0.4 is 15.8 Å². The van der Waals surface area contributed by atoms with Gasteiger partial charge in [-0.3, -0.25) is 10.3 Å². The van der Waals surface area contributed by atoms with E-state index < -0.39 is 0 Å². The minimum atomic E-state index is -0.120. The summed E-state index contributed by atoms with van der Waals surface area (Å²) in [6.07, 6.45) is 3.44. The molecule has 0 radical (unpaired) electrons. The zero-order chi connectivity index (χ0) is 17.9. The summed E-state index contributed by atoms with van der Waals surface area (Å²) in [5.74, 6) is 1.95. The minimum Gasteiger partial charge on any atom is -0.370 e. The number of thioether (sulfide) groups is 1. The molecule has 2 aromatic heterocycles. The van der Waals surface area contributed by atoms with Crippen molar-refractivity contribution in [3.8, 4) is 5.00 Å². The summed E-state index contributed by atoms with van der Waals surface area (Å²) < 4.78 is 8.31. The van der Waals surface area contributed by atoms with E-state index in [2.05, 4.69) is 51.3 Å². The summed E-state index contributed by atoms with van der Waals surface area (Å²) in [4.78, 5) is 1.34. The maximum absolute atomic E-state index is 6.08. The number of nitrogens with one attached hydrogen (secondary N) is 2. The molecular formula is C17H24N6OS2. The Morgan fingerprint density at radius 3 is 3.12 bits per heavy atom. The van der Waals surface area contributed by atoms with Crippen LogP contribution in [0.15, 0.2) is 5.16 Å². The van der Waals surface area contributed by atoms with E-state index in [1.54, 1.807) is 11.8 Å². The van der Waals surface area contributed by atoms with Gasteiger partial charge in [-0.05, 0) is 25.8 Å². The Kier molecular flexibility index (Phi) is 4.05. The number of hydrazine groups is 1. The maximum atomic E-state index is 6.08. The predicted octanol–water partition coefficient (Wildman–Crippen LogP) is 2.96. The number of unbranched alkanes of at least 4 members (excludes halogenated alkanes) is 1. The lowest BCUT2D eigenvalue weighted by Crippen LogP contribution is -2.40. The van der Waals surface area contributed by atoms with E-state index in [1.807, 2.05) is 11.3 Å². The molecule has 5 heterocycles. The molecule has 0 saturated carbocycles. The van der Waals surface area contributed by atoms with Crippen molar-refractivity contribution in [3.05, 3.63) is 16.0 Å². The molecule has 5 rings (SSSR count). The second-order valence-corrected chi connectivity index (χ2v) is 9.73. The van der Waals surface area contributed by atoms with Crippen molar-refractivity contribution >= 4 is 29.0 Å². The van der Waals surface area contributed by atoms with Crippen LogP contribution in [-0.4, -0.2) is 32.8 Å². The van der Waals surface area contributed by atoms with Crippen molar-refractivity contribution in [2.45, 2.75) is 63.6 Å². The number of ether oxygens (including phenoxy) is 1. The van der Waals surface area contributed by atoms with E-state index >= 15 is 0 Å². The Labute approximate surface area is 161 Å². The highest BCUT2D eigenvalue weighted by molar-refractivity contribution is 7.99. The Morgan fingerprint density at radius 1 is 1.38 bits per heavy atom. The fourth-order valence-corrected chi connectivity index (χ4v) is 6.17.